The minimum atomic E-state index is 0.00201. The van der Waals surface area contributed by atoms with Crippen molar-refractivity contribution >= 4 is 23.9 Å². The van der Waals surface area contributed by atoms with Gasteiger partial charge in [-0.05, 0) is 165 Å². The number of carbonyl (C=O) groups is 4. The van der Waals surface area contributed by atoms with E-state index >= 15 is 0 Å². The average Bonchev–Trinajstić information content (AvgIpc) is 0.864. The van der Waals surface area contributed by atoms with E-state index in [1.807, 2.05) is 0 Å². The highest BCUT2D eigenvalue weighted by molar-refractivity contribution is 5.70. The third-order valence-electron chi connectivity index (χ3n) is 27.0. The second kappa shape index (κ2) is 81.7. The van der Waals surface area contributed by atoms with E-state index in [4.69, 9.17) is 18.9 Å². The summed E-state index contributed by atoms with van der Waals surface area (Å²) in [5.41, 5.74) is 0. The lowest BCUT2D eigenvalue weighted by Crippen LogP contribution is -2.44. The van der Waals surface area contributed by atoms with Crippen molar-refractivity contribution in [2.75, 3.05) is 79.8 Å². The second-order valence-corrected chi connectivity index (χ2v) is 37.6. The van der Waals surface area contributed by atoms with E-state index in [0.29, 0.717) is 93.7 Å². The van der Waals surface area contributed by atoms with Gasteiger partial charge in [-0.1, -0.05) is 389 Å². The van der Waals surface area contributed by atoms with Crippen LogP contribution in [0.4, 0.5) is 0 Å². The molecule has 0 aromatic rings. The number of rotatable bonds is 88. The van der Waals surface area contributed by atoms with Crippen molar-refractivity contribution in [1.82, 2.24) is 14.7 Å². The number of esters is 4. The Hall–Kier alpha value is -2.24. The Balaban J connectivity index is 2.60. The molecule has 0 aromatic heterocycles. The van der Waals surface area contributed by atoms with E-state index in [9.17, 15) is 19.2 Å². The van der Waals surface area contributed by atoms with Crippen molar-refractivity contribution in [3.63, 3.8) is 0 Å². The predicted molar refractivity (Wildman–Crippen MR) is 493 cm³/mol. The summed E-state index contributed by atoms with van der Waals surface area (Å²) >= 11 is 0. The van der Waals surface area contributed by atoms with Gasteiger partial charge in [-0.2, -0.15) is 0 Å². The molecule has 0 bridgehead atoms. The van der Waals surface area contributed by atoms with E-state index < -0.39 is 0 Å². The third-order valence-corrected chi connectivity index (χ3v) is 27.0. The van der Waals surface area contributed by atoms with Crippen LogP contribution < -0.4 is 0 Å². The molecule has 1 aliphatic heterocycles. The minimum Gasteiger partial charge on any atom is -0.466 e. The molecule has 11 heteroatoms. The topological polar surface area (TPSA) is 115 Å². The number of unbranched alkanes of at least 4 members (excludes halogenated alkanes) is 33. The Bertz CT molecular complexity index is 2050. The van der Waals surface area contributed by atoms with Crippen LogP contribution in [0.3, 0.4) is 0 Å². The quantitative estimate of drug-likeness (QED) is 0.0329. The molecule has 6 unspecified atom stereocenters. The highest BCUT2D eigenvalue weighted by Gasteiger charge is 2.31. The fraction of sp³-hybridized carbons (Fsp3) is 0.961. The molecule has 1 saturated heterocycles. The standard InChI is InChI=1S/C103H201N3O8/c1-13-21-44-59-94(60-45-22-14-2)76-86-111-100(107)70-54-40-32-28-36-50-63-92(74-80-105(12)91(9)10)64-51-37-29-33-42-56-72-102(109)113-88-78-96(67-48-25-17-5)90-98(58-20-8)99(69-27-19-7)97(68-49-26-18-6)79-89-114-103(110)73-57-43-35-31-39-53-66-93(75-81-106-84-82-104(11)83-85-106)65-52-38-30-34-41-55-71-101(108)112-87-77-95(61-46-23-15-3)62-47-24-16-4/h91-99H,13-90H2,1-12H3. The number of hydrogen-bond acceptors (Lipinski definition) is 11. The lowest BCUT2D eigenvalue weighted by Gasteiger charge is -2.36. The molecule has 0 saturated carbocycles. The Labute approximate surface area is 711 Å². The van der Waals surface area contributed by atoms with E-state index in [0.717, 1.165) is 88.9 Å². The number of piperazine rings is 1. The van der Waals surface area contributed by atoms with Crippen LogP contribution in [0.15, 0.2) is 0 Å². The Morgan fingerprint density at radius 2 is 0.570 bits per heavy atom. The van der Waals surface area contributed by atoms with Gasteiger partial charge in [0, 0.05) is 57.9 Å². The maximum Gasteiger partial charge on any atom is 0.305 e. The predicted octanol–water partition coefficient (Wildman–Crippen LogP) is 30.4. The lowest BCUT2D eigenvalue weighted by atomic mass is 9.69. The first-order chi connectivity index (χ1) is 55.7. The maximum absolute atomic E-state index is 13.4. The number of carbonyl (C=O) groups excluding carboxylic acids is 4. The SMILES string of the molecule is CCCCCC(CCCCC)CCOC(=O)CCCCCCCCC(CCCCCCCCC(=O)OCCC(CCCCC)C(CCCC)C(CCC)CC(CCCCC)CCOC(=O)CCCCCCCCC(CCCCCCCCC(=O)OCCC(CCCCC)CCCCC)CCN(C)C(C)C)CCN1CCN(C)CC1. The molecule has 1 rings (SSSR count). The molecule has 0 aromatic carbocycles. The number of ether oxygens (including phenoxy) is 4. The minimum absolute atomic E-state index is 0.00201. The summed E-state index contributed by atoms with van der Waals surface area (Å²) in [6.45, 7) is 32.7. The number of hydrogen-bond donors (Lipinski definition) is 0. The van der Waals surface area contributed by atoms with E-state index in [1.54, 1.807) is 0 Å². The fourth-order valence-electron chi connectivity index (χ4n) is 18.7. The normalized spacial score (nSPS) is 14.7. The summed E-state index contributed by atoms with van der Waals surface area (Å²) in [6.07, 6.45) is 81.1. The summed E-state index contributed by atoms with van der Waals surface area (Å²) in [4.78, 5) is 59.6. The molecule has 1 fully saturated rings. The van der Waals surface area contributed by atoms with Gasteiger partial charge >= 0.3 is 23.9 Å². The first-order valence-electron chi connectivity index (χ1n) is 51.4. The van der Waals surface area contributed by atoms with Gasteiger partial charge in [0.1, 0.15) is 0 Å². The Morgan fingerprint density at radius 3 is 0.912 bits per heavy atom. The van der Waals surface area contributed by atoms with Crippen LogP contribution >= 0.6 is 0 Å². The third kappa shape index (κ3) is 67.4. The van der Waals surface area contributed by atoms with E-state index in [1.165, 1.54) is 373 Å². The summed E-state index contributed by atoms with van der Waals surface area (Å²) in [7, 11) is 4.54. The van der Waals surface area contributed by atoms with Crippen LogP contribution in [-0.2, 0) is 38.1 Å². The van der Waals surface area contributed by atoms with Gasteiger partial charge in [-0.25, -0.2) is 0 Å². The highest BCUT2D eigenvalue weighted by atomic mass is 16.5. The molecular formula is C103H201N3O8. The second-order valence-electron chi connectivity index (χ2n) is 37.6. The zero-order valence-corrected chi connectivity index (χ0v) is 79.0. The first kappa shape index (κ1) is 110. The number of likely N-dealkylation sites (N-methyl/N-ethyl adjacent to an activating group) is 1. The van der Waals surface area contributed by atoms with E-state index in [-0.39, 0.29) is 23.9 Å². The molecule has 11 nitrogen and oxygen atoms in total. The molecule has 0 spiro atoms. The van der Waals surface area contributed by atoms with Gasteiger partial charge < -0.3 is 33.6 Å². The zero-order chi connectivity index (χ0) is 83.2. The number of nitrogens with zero attached hydrogens (tertiary/aromatic N) is 3. The van der Waals surface area contributed by atoms with Gasteiger partial charge in [0.15, 0.2) is 0 Å². The molecule has 676 valence electrons. The molecule has 1 heterocycles. The zero-order valence-electron chi connectivity index (χ0n) is 79.0. The van der Waals surface area contributed by atoms with Crippen molar-refractivity contribution in [1.29, 1.82) is 0 Å². The van der Waals surface area contributed by atoms with Crippen molar-refractivity contribution in [2.45, 2.75) is 512 Å². The van der Waals surface area contributed by atoms with Crippen LogP contribution in [0.5, 0.6) is 0 Å². The van der Waals surface area contributed by atoms with Gasteiger partial charge in [0.25, 0.3) is 0 Å². The van der Waals surface area contributed by atoms with Gasteiger partial charge in [0.2, 0.25) is 0 Å². The molecular weight excluding hydrogens is 1410 g/mol. The van der Waals surface area contributed by atoms with Gasteiger partial charge in [-0.3, -0.25) is 19.2 Å². The average molecular weight is 1610 g/mol. The van der Waals surface area contributed by atoms with Gasteiger partial charge in [-0.15, -0.1) is 0 Å². The molecule has 114 heavy (non-hydrogen) atoms. The molecule has 6 atom stereocenters. The van der Waals surface area contributed by atoms with Crippen LogP contribution in [0, 0.1) is 47.3 Å². The Kier molecular flexibility index (Phi) is 78.7. The van der Waals surface area contributed by atoms with Crippen LogP contribution in [0.2, 0.25) is 0 Å². The van der Waals surface area contributed by atoms with E-state index in [2.05, 4.69) is 98.0 Å². The summed E-state index contributed by atoms with van der Waals surface area (Å²) in [5, 5.41) is 0. The lowest BCUT2D eigenvalue weighted by molar-refractivity contribution is -0.145. The molecule has 1 aliphatic rings. The largest absolute Gasteiger partial charge is 0.466 e. The smallest absolute Gasteiger partial charge is 0.305 e. The molecule has 0 aliphatic carbocycles. The van der Waals surface area contributed by atoms with Crippen LogP contribution in [0.25, 0.3) is 0 Å². The molecule has 0 amide bonds. The van der Waals surface area contributed by atoms with Crippen LogP contribution in [0.1, 0.15) is 506 Å². The summed E-state index contributed by atoms with van der Waals surface area (Å²) in [5.74, 6) is 5.49. The van der Waals surface area contributed by atoms with Crippen molar-refractivity contribution < 1.29 is 38.1 Å². The molecule has 0 N–H and O–H groups in total. The van der Waals surface area contributed by atoms with Crippen molar-refractivity contribution in [3.05, 3.63) is 0 Å². The molecule has 0 radical (unpaired) electrons. The van der Waals surface area contributed by atoms with Gasteiger partial charge in [0.05, 0.1) is 26.4 Å². The van der Waals surface area contributed by atoms with Crippen LogP contribution in [-0.4, -0.2) is 124 Å². The summed E-state index contributed by atoms with van der Waals surface area (Å²) < 4.78 is 23.7. The summed E-state index contributed by atoms with van der Waals surface area (Å²) in [6, 6.07) is 0.582. The first-order valence-corrected chi connectivity index (χ1v) is 51.4. The fourth-order valence-corrected chi connectivity index (χ4v) is 18.7. The van der Waals surface area contributed by atoms with Crippen molar-refractivity contribution in [3.8, 4) is 0 Å². The maximum atomic E-state index is 13.4. The highest BCUT2D eigenvalue weighted by Crippen LogP contribution is 2.41. The van der Waals surface area contributed by atoms with Crippen molar-refractivity contribution in [2.24, 2.45) is 47.3 Å². The monoisotopic (exact) mass is 1610 g/mol. The Morgan fingerprint density at radius 1 is 0.281 bits per heavy atom.